The molecule has 2 rings (SSSR count). The number of hydrogen-bond acceptors (Lipinski definition) is 4. The number of carbonyl (C=O) groups excluding carboxylic acids is 1. The Bertz CT molecular complexity index is 514. The number of likely N-dealkylation sites (tertiary alicyclic amines) is 1. The second-order valence-electron chi connectivity index (χ2n) is 6.06. The highest BCUT2D eigenvalue weighted by atomic mass is 16.3. The predicted octanol–water partition coefficient (Wildman–Crippen LogP) is 2.06. The van der Waals surface area contributed by atoms with E-state index in [4.69, 9.17) is 0 Å². The van der Waals surface area contributed by atoms with E-state index >= 15 is 0 Å². The summed E-state index contributed by atoms with van der Waals surface area (Å²) >= 11 is 0. The zero-order chi connectivity index (χ0) is 15.5. The van der Waals surface area contributed by atoms with E-state index in [9.17, 15) is 9.90 Å². The quantitative estimate of drug-likeness (QED) is 0.891. The highest BCUT2D eigenvalue weighted by Crippen LogP contribution is 2.23. The smallest absolute Gasteiger partial charge is 0.254 e. The Kier molecular flexibility index (Phi) is 4.83. The number of amides is 1. The Morgan fingerprint density at radius 1 is 1.52 bits per heavy atom. The van der Waals surface area contributed by atoms with Gasteiger partial charge in [0.1, 0.15) is 5.82 Å². The number of piperidine rings is 1. The van der Waals surface area contributed by atoms with E-state index in [1.165, 1.54) is 0 Å². The Morgan fingerprint density at radius 3 is 2.90 bits per heavy atom. The molecule has 1 atom stereocenters. The zero-order valence-corrected chi connectivity index (χ0v) is 13.1. The third-order valence-electron chi connectivity index (χ3n) is 3.85. The molecule has 5 nitrogen and oxygen atoms in total. The SMILES string of the molecule is CCCc1cc(C(=O)N2CCCC(C)(O)C2)cc(NC)n1. The van der Waals surface area contributed by atoms with Crippen LogP contribution < -0.4 is 5.32 Å². The molecule has 116 valence electrons. The monoisotopic (exact) mass is 291 g/mol. The highest BCUT2D eigenvalue weighted by molar-refractivity contribution is 5.95. The minimum Gasteiger partial charge on any atom is -0.388 e. The lowest BCUT2D eigenvalue weighted by Crippen LogP contribution is -2.48. The molecule has 0 radical (unpaired) electrons. The topological polar surface area (TPSA) is 65.5 Å². The van der Waals surface area contributed by atoms with Crippen LogP contribution in [0.5, 0.6) is 0 Å². The van der Waals surface area contributed by atoms with Gasteiger partial charge in [0.25, 0.3) is 5.91 Å². The second-order valence-corrected chi connectivity index (χ2v) is 6.06. The number of aromatic nitrogens is 1. The maximum atomic E-state index is 12.7. The lowest BCUT2D eigenvalue weighted by molar-refractivity contribution is -0.0107. The summed E-state index contributed by atoms with van der Waals surface area (Å²) in [5, 5.41) is 13.2. The second kappa shape index (κ2) is 6.43. The van der Waals surface area contributed by atoms with Gasteiger partial charge in [0.2, 0.25) is 0 Å². The molecule has 2 N–H and O–H groups in total. The van der Waals surface area contributed by atoms with E-state index < -0.39 is 5.60 Å². The predicted molar refractivity (Wildman–Crippen MR) is 83.5 cm³/mol. The van der Waals surface area contributed by atoms with Crippen molar-refractivity contribution in [3.8, 4) is 0 Å². The average Bonchev–Trinajstić information content (AvgIpc) is 2.45. The van der Waals surface area contributed by atoms with Gasteiger partial charge in [0.05, 0.1) is 5.60 Å². The maximum absolute atomic E-state index is 12.7. The first-order chi connectivity index (χ1) is 9.95. The van der Waals surface area contributed by atoms with Gasteiger partial charge in [-0.25, -0.2) is 4.98 Å². The van der Waals surface area contributed by atoms with E-state index in [2.05, 4.69) is 17.2 Å². The summed E-state index contributed by atoms with van der Waals surface area (Å²) in [5.41, 5.74) is 0.797. The molecule has 0 aromatic carbocycles. The van der Waals surface area contributed by atoms with Gasteiger partial charge in [0.15, 0.2) is 0 Å². The van der Waals surface area contributed by atoms with Crippen molar-refractivity contribution in [2.45, 2.75) is 45.1 Å². The fourth-order valence-corrected chi connectivity index (χ4v) is 2.80. The van der Waals surface area contributed by atoms with Gasteiger partial charge in [-0.2, -0.15) is 0 Å². The molecule has 5 heteroatoms. The number of anilines is 1. The summed E-state index contributed by atoms with van der Waals surface area (Å²) in [6.07, 6.45) is 3.43. The molecule has 1 aliphatic heterocycles. The Labute approximate surface area is 126 Å². The number of β-amino-alcohol motifs (C(OH)–C–C–N with tert-alkyl or cyclic N) is 1. The fourth-order valence-electron chi connectivity index (χ4n) is 2.80. The molecule has 1 aliphatic rings. The lowest BCUT2D eigenvalue weighted by Gasteiger charge is -2.36. The number of nitrogens with zero attached hydrogens (tertiary/aromatic N) is 2. The Balaban J connectivity index is 2.23. The summed E-state index contributed by atoms with van der Waals surface area (Å²) in [6.45, 7) is 4.99. The van der Waals surface area contributed by atoms with Gasteiger partial charge in [-0.1, -0.05) is 13.3 Å². The number of aliphatic hydroxyl groups is 1. The molecule has 1 amide bonds. The van der Waals surface area contributed by atoms with Crippen LogP contribution in [-0.2, 0) is 6.42 Å². The van der Waals surface area contributed by atoms with Crippen LogP contribution in [0.4, 0.5) is 5.82 Å². The van der Waals surface area contributed by atoms with Gasteiger partial charge in [-0.3, -0.25) is 4.79 Å². The molecular formula is C16H25N3O2. The van der Waals surface area contributed by atoms with Gasteiger partial charge >= 0.3 is 0 Å². The first-order valence-corrected chi connectivity index (χ1v) is 7.65. The molecule has 1 aromatic rings. The van der Waals surface area contributed by atoms with Crippen LogP contribution in [0, 0.1) is 0 Å². The molecule has 1 fully saturated rings. The van der Waals surface area contributed by atoms with E-state index in [1.807, 2.05) is 6.07 Å². The molecule has 0 bridgehead atoms. The van der Waals surface area contributed by atoms with Crippen molar-refractivity contribution in [1.82, 2.24) is 9.88 Å². The number of aryl methyl sites for hydroxylation is 1. The van der Waals surface area contributed by atoms with Crippen LogP contribution >= 0.6 is 0 Å². The van der Waals surface area contributed by atoms with Gasteiger partial charge in [0, 0.05) is 31.4 Å². The first-order valence-electron chi connectivity index (χ1n) is 7.65. The van der Waals surface area contributed by atoms with Crippen LogP contribution in [0.15, 0.2) is 12.1 Å². The third-order valence-corrected chi connectivity index (χ3v) is 3.85. The Hall–Kier alpha value is -1.62. The van der Waals surface area contributed by atoms with Crippen molar-refractivity contribution >= 4 is 11.7 Å². The highest BCUT2D eigenvalue weighted by Gasteiger charge is 2.31. The van der Waals surface area contributed by atoms with E-state index in [0.29, 0.717) is 24.5 Å². The van der Waals surface area contributed by atoms with Gasteiger partial charge in [-0.05, 0) is 38.3 Å². The minimum atomic E-state index is -0.779. The average molecular weight is 291 g/mol. The van der Waals surface area contributed by atoms with E-state index in [1.54, 1.807) is 24.9 Å². The molecule has 21 heavy (non-hydrogen) atoms. The van der Waals surface area contributed by atoms with Gasteiger partial charge < -0.3 is 15.3 Å². The molecule has 0 saturated carbocycles. The first kappa shape index (κ1) is 15.8. The summed E-state index contributed by atoms with van der Waals surface area (Å²) in [7, 11) is 1.80. The molecule has 0 spiro atoms. The normalized spacial score (nSPS) is 22.2. The molecular weight excluding hydrogens is 266 g/mol. The van der Waals surface area contributed by atoms with Crippen LogP contribution in [0.3, 0.4) is 0 Å². The van der Waals surface area contributed by atoms with Crippen molar-refractivity contribution in [3.05, 3.63) is 23.4 Å². The van der Waals surface area contributed by atoms with E-state index in [0.717, 1.165) is 31.4 Å². The van der Waals surface area contributed by atoms with Crippen molar-refractivity contribution in [1.29, 1.82) is 0 Å². The number of pyridine rings is 1. The van der Waals surface area contributed by atoms with Crippen molar-refractivity contribution in [2.24, 2.45) is 0 Å². The minimum absolute atomic E-state index is 0.0220. The number of rotatable bonds is 4. The van der Waals surface area contributed by atoms with Crippen LogP contribution in [0.1, 0.15) is 49.2 Å². The largest absolute Gasteiger partial charge is 0.388 e. The summed E-state index contributed by atoms with van der Waals surface area (Å²) in [4.78, 5) is 18.9. The van der Waals surface area contributed by atoms with Crippen molar-refractivity contribution in [2.75, 3.05) is 25.5 Å². The maximum Gasteiger partial charge on any atom is 0.254 e. The molecule has 1 aromatic heterocycles. The van der Waals surface area contributed by atoms with Crippen LogP contribution in [0.2, 0.25) is 0 Å². The molecule has 0 aliphatic carbocycles. The number of carbonyl (C=O) groups is 1. The summed E-state index contributed by atoms with van der Waals surface area (Å²) in [5.74, 6) is 0.694. The van der Waals surface area contributed by atoms with E-state index in [-0.39, 0.29) is 5.91 Å². The van der Waals surface area contributed by atoms with Gasteiger partial charge in [-0.15, -0.1) is 0 Å². The molecule has 1 unspecified atom stereocenters. The van der Waals surface area contributed by atoms with Crippen LogP contribution in [0.25, 0.3) is 0 Å². The lowest BCUT2D eigenvalue weighted by atomic mass is 9.94. The third kappa shape index (κ3) is 3.94. The van der Waals surface area contributed by atoms with Crippen molar-refractivity contribution < 1.29 is 9.90 Å². The standard InChI is InChI=1S/C16H25N3O2/c1-4-6-13-9-12(10-14(17-3)18-13)15(20)19-8-5-7-16(2,21)11-19/h9-10,21H,4-8,11H2,1-3H3,(H,17,18). The molecule has 2 heterocycles. The number of nitrogens with one attached hydrogen (secondary N) is 1. The summed E-state index contributed by atoms with van der Waals surface area (Å²) in [6, 6.07) is 3.65. The van der Waals surface area contributed by atoms with Crippen LogP contribution in [-0.4, -0.2) is 46.6 Å². The summed E-state index contributed by atoms with van der Waals surface area (Å²) < 4.78 is 0. The molecule has 1 saturated heterocycles. The van der Waals surface area contributed by atoms with Crippen molar-refractivity contribution in [3.63, 3.8) is 0 Å². The number of hydrogen-bond donors (Lipinski definition) is 2. The zero-order valence-electron chi connectivity index (χ0n) is 13.1. The Morgan fingerprint density at radius 2 is 2.29 bits per heavy atom. The fraction of sp³-hybridized carbons (Fsp3) is 0.625.